The number of alkyl halides is 1. The number of hydrogen-bond donors (Lipinski definition) is 2. The molecule has 3 rings (SSSR count). The highest BCUT2D eigenvalue weighted by Gasteiger charge is 2.21. The van der Waals surface area contributed by atoms with Crippen LogP contribution in [0.5, 0.6) is 5.75 Å². The van der Waals surface area contributed by atoms with E-state index in [1.54, 1.807) is 49.4 Å². The van der Waals surface area contributed by atoms with Crippen LogP contribution in [-0.2, 0) is 21.2 Å². The molecule has 8 heteroatoms. The number of benzene rings is 2. The van der Waals surface area contributed by atoms with Crippen molar-refractivity contribution in [3.63, 3.8) is 0 Å². The predicted molar refractivity (Wildman–Crippen MR) is 105 cm³/mol. The molecular weight excluding hydrogens is 388 g/mol. The molecule has 27 heavy (non-hydrogen) atoms. The number of carbonyl (C=O) groups is 1. The summed E-state index contributed by atoms with van der Waals surface area (Å²) < 4.78 is 33.3. The van der Waals surface area contributed by atoms with Gasteiger partial charge in [0.25, 0.3) is 5.91 Å². The highest BCUT2D eigenvalue weighted by Crippen LogP contribution is 2.31. The van der Waals surface area contributed by atoms with Gasteiger partial charge in [0.05, 0.1) is 10.6 Å². The lowest BCUT2D eigenvalue weighted by atomic mass is 10.1. The first kappa shape index (κ1) is 19.7. The van der Waals surface area contributed by atoms with Crippen LogP contribution in [0, 0.1) is 0 Å². The van der Waals surface area contributed by atoms with Gasteiger partial charge in [-0.2, -0.15) is 0 Å². The van der Waals surface area contributed by atoms with E-state index in [-0.39, 0.29) is 17.4 Å². The van der Waals surface area contributed by atoms with Crippen LogP contribution in [0.3, 0.4) is 0 Å². The largest absolute Gasteiger partial charge is 0.482 e. The van der Waals surface area contributed by atoms with Crippen molar-refractivity contribution in [2.24, 2.45) is 0 Å². The normalized spacial score (nSPS) is 14.8. The Labute approximate surface area is 163 Å². The van der Waals surface area contributed by atoms with E-state index in [9.17, 15) is 13.2 Å². The van der Waals surface area contributed by atoms with Crippen molar-refractivity contribution in [3.8, 4) is 5.75 Å². The van der Waals surface area contributed by atoms with Gasteiger partial charge in [0.2, 0.25) is 10.0 Å². The van der Waals surface area contributed by atoms with Crippen molar-refractivity contribution >= 4 is 33.2 Å². The summed E-state index contributed by atoms with van der Waals surface area (Å²) in [6.07, 6.45) is 1.66. The zero-order valence-electron chi connectivity index (χ0n) is 14.9. The third kappa shape index (κ3) is 4.80. The SMILES string of the molecule is CC(NS(=O)(=O)c1ccc(CCCCl)cc1)c1ccc2c(c1)NC(=O)CO2. The first-order chi connectivity index (χ1) is 12.9. The van der Waals surface area contributed by atoms with Gasteiger partial charge in [-0.1, -0.05) is 18.2 Å². The molecule has 1 aliphatic heterocycles. The zero-order valence-corrected chi connectivity index (χ0v) is 16.4. The summed E-state index contributed by atoms with van der Waals surface area (Å²) in [5.41, 5.74) is 2.31. The molecule has 1 atom stereocenters. The molecule has 0 radical (unpaired) electrons. The lowest BCUT2D eigenvalue weighted by Crippen LogP contribution is -2.28. The molecule has 1 unspecified atom stereocenters. The van der Waals surface area contributed by atoms with Gasteiger partial charge in [0.1, 0.15) is 5.75 Å². The van der Waals surface area contributed by atoms with Crippen molar-refractivity contribution in [3.05, 3.63) is 53.6 Å². The molecule has 2 aromatic rings. The van der Waals surface area contributed by atoms with Gasteiger partial charge in [0.15, 0.2) is 6.61 Å². The summed E-state index contributed by atoms with van der Waals surface area (Å²) in [5.74, 6) is 0.911. The number of aryl methyl sites for hydroxylation is 1. The van der Waals surface area contributed by atoms with E-state index in [2.05, 4.69) is 10.0 Å². The van der Waals surface area contributed by atoms with Crippen LogP contribution < -0.4 is 14.8 Å². The molecule has 2 aromatic carbocycles. The number of anilines is 1. The molecular formula is C19H21ClN2O4S. The monoisotopic (exact) mass is 408 g/mol. The number of carbonyl (C=O) groups excluding carboxylic acids is 1. The Kier molecular flexibility index (Phi) is 6.04. The molecule has 0 fully saturated rings. The number of halogens is 1. The number of ether oxygens (including phenoxy) is 1. The van der Waals surface area contributed by atoms with Crippen LogP contribution >= 0.6 is 11.6 Å². The van der Waals surface area contributed by atoms with Gasteiger partial charge in [-0.3, -0.25) is 4.79 Å². The van der Waals surface area contributed by atoms with Gasteiger partial charge in [-0.25, -0.2) is 13.1 Å². The van der Waals surface area contributed by atoms with Gasteiger partial charge in [0, 0.05) is 11.9 Å². The van der Waals surface area contributed by atoms with Gasteiger partial charge >= 0.3 is 0 Å². The van der Waals surface area contributed by atoms with Crippen LogP contribution in [0.1, 0.15) is 30.5 Å². The molecule has 2 N–H and O–H groups in total. The zero-order chi connectivity index (χ0) is 19.4. The first-order valence-corrected chi connectivity index (χ1v) is 10.6. The van der Waals surface area contributed by atoms with Gasteiger partial charge in [-0.15, -0.1) is 11.6 Å². The summed E-state index contributed by atoms with van der Waals surface area (Å²) >= 11 is 5.69. The second-order valence-corrected chi connectivity index (χ2v) is 8.46. The molecule has 0 bridgehead atoms. The van der Waals surface area contributed by atoms with E-state index < -0.39 is 16.1 Å². The molecule has 1 aliphatic rings. The summed E-state index contributed by atoms with van der Waals surface area (Å²) in [7, 11) is -3.67. The molecule has 0 aliphatic carbocycles. The first-order valence-electron chi connectivity index (χ1n) is 8.63. The second-order valence-electron chi connectivity index (χ2n) is 6.37. The van der Waals surface area contributed by atoms with Crippen LogP contribution in [0.4, 0.5) is 5.69 Å². The van der Waals surface area contributed by atoms with Gasteiger partial charge < -0.3 is 10.1 Å². The predicted octanol–water partition coefficient (Wildman–Crippen LogP) is 3.23. The summed E-state index contributed by atoms with van der Waals surface area (Å²) in [6, 6.07) is 11.5. The third-order valence-corrected chi connectivity index (χ3v) is 6.13. The Balaban J connectivity index is 1.73. The molecule has 0 saturated heterocycles. The number of hydrogen-bond acceptors (Lipinski definition) is 4. The molecule has 1 heterocycles. The Bertz CT molecular complexity index is 929. The third-order valence-electron chi connectivity index (χ3n) is 4.30. The molecule has 0 spiro atoms. The van der Waals surface area contributed by atoms with Crippen molar-refractivity contribution in [1.82, 2.24) is 4.72 Å². The van der Waals surface area contributed by atoms with Crippen molar-refractivity contribution in [1.29, 1.82) is 0 Å². The molecule has 144 valence electrons. The fourth-order valence-electron chi connectivity index (χ4n) is 2.85. The Morgan fingerprint density at radius 3 is 2.67 bits per heavy atom. The van der Waals surface area contributed by atoms with Crippen LogP contribution in [-0.4, -0.2) is 26.8 Å². The fourth-order valence-corrected chi connectivity index (χ4v) is 4.21. The lowest BCUT2D eigenvalue weighted by molar-refractivity contribution is -0.118. The Hall–Kier alpha value is -2.09. The average molecular weight is 409 g/mol. The summed E-state index contributed by atoms with van der Waals surface area (Å²) in [5, 5.41) is 2.72. The van der Waals surface area contributed by atoms with E-state index in [4.69, 9.17) is 16.3 Å². The Morgan fingerprint density at radius 1 is 1.22 bits per heavy atom. The van der Waals surface area contributed by atoms with Crippen LogP contribution in [0.2, 0.25) is 0 Å². The standard InChI is InChI=1S/C19H21ClN2O4S/c1-13(15-6-9-18-17(11-15)21-19(23)12-26-18)22-27(24,25)16-7-4-14(5-8-16)3-2-10-20/h4-9,11,13,22H,2-3,10,12H2,1H3,(H,21,23). The van der Waals surface area contributed by atoms with E-state index in [0.717, 1.165) is 24.0 Å². The molecule has 0 saturated carbocycles. The minimum atomic E-state index is -3.67. The maximum Gasteiger partial charge on any atom is 0.262 e. The number of sulfonamides is 1. The van der Waals surface area contributed by atoms with Crippen LogP contribution in [0.15, 0.2) is 47.4 Å². The lowest BCUT2D eigenvalue weighted by Gasteiger charge is -2.21. The van der Waals surface area contributed by atoms with Crippen LogP contribution in [0.25, 0.3) is 0 Å². The quantitative estimate of drug-likeness (QED) is 0.689. The highest BCUT2D eigenvalue weighted by molar-refractivity contribution is 7.89. The number of amides is 1. The summed E-state index contributed by atoms with van der Waals surface area (Å²) in [4.78, 5) is 11.7. The number of nitrogens with one attached hydrogen (secondary N) is 2. The molecule has 0 aromatic heterocycles. The van der Waals surface area contributed by atoms with E-state index in [1.165, 1.54) is 0 Å². The number of rotatable bonds is 7. The molecule has 6 nitrogen and oxygen atoms in total. The summed E-state index contributed by atoms with van der Waals surface area (Å²) in [6.45, 7) is 1.73. The minimum absolute atomic E-state index is 0.0184. The van der Waals surface area contributed by atoms with E-state index in [0.29, 0.717) is 17.3 Å². The second kappa shape index (κ2) is 8.29. The minimum Gasteiger partial charge on any atom is -0.482 e. The Morgan fingerprint density at radius 2 is 1.96 bits per heavy atom. The maximum atomic E-state index is 12.7. The van der Waals surface area contributed by atoms with Crippen molar-refractivity contribution in [2.75, 3.05) is 17.8 Å². The van der Waals surface area contributed by atoms with E-state index in [1.807, 2.05) is 0 Å². The van der Waals surface area contributed by atoms with E-state index >= 15 is 0 Å². The maximum absolute atomic E-state index is 12.7. The average Bonchev–Trinajstić information content (AvgIpc) is 2.65. The topological polar surface area (TPSA) is 84.5 Å². The van der Waals surface area contributed by atoms with Crippen molar-refractivity contribution in [2.45, 2.75) is 30.7 Å². The smallest absolute Gasteiger partial charge is 0.262 e. The number of fused-ring (bicyclic) bond motifs is 1. The van der Waals surface area contributed by atoms with Gasteiger partial charge in [-0.05, 0) is 55.2 Å². The molecule has 1 amide bonds. The fraction of sp³-hybridized carbons (Fsp3) is 0.316. The van der Waals surface area contributed by atoms with Crippen molar-refractivity contribution < 1.29 is 17.9 Å². The highest BCUT2D eigenvalue weighted by atomic mass is 35.5.